The lowest BCUT2D eigenvalue weighted by molar-refractivity contribution is -0.128. The molecule has 0 saturated heterocycles. The molecule has 0 fully saturated rings. The minimum atomic E-state index is 0.456. The number of nitrogens with two attached hydrogens (primary N) is 1. The molecule has 0 aliphatic rings. The Morgan fingerprint density at radius 3 is 2.91 bits per heavy atom. The summed E-state index contributed by atoms with van der Waals surface area (Å²) in [4.78, 5) is 13.5. The Morgan fingerprint density at radius 2 is 2.36 bits per heavy atom. The Morgan fingerprint density at radius 1 is 1.64 bits per heavy atom. The Labute approximate surface area is 66.4 Å². The van der Waals surface area contributed by atoms with Crippen LogP contribution in [0.3, 0.4) is 0 Å². The molecule has 4 heteroatoms. The van der Waals surface area contributed by atoms with Gasteiger partial charge in [0.05, 0.1) is 12.4 Å². The van der Waals surface area contributed by atoms with Crippen molar-refractivity contribution in [1.82, 2.24) is 0 Å². The van der Waals surface area contributed by atoms with Gasteiger partial charge < -0.3 is 10.5 Å². The van der Waals surface area contributed by atoms with Crippen LogP contribution in [0.25, 0.3) is 0 Å². The van der Waals surface area contributed by atoms with Crippen molar-refractivity contribution in [2.45, 2.75) is 19.3 Å². The molecule has 0 unspecified atom stereocenters. The average Bonchev–Trinajstić information content (AvgIpc) is 2.04. The zero-order chi connectivity index (χ0) is 8.53. The van der Waals surface area contributed by atoms with Crippen molar-refractivity contribution in [3.8, 4) is 0 Å². The van der Waals surface area contributed by atoms with Crippen molar-refractivity contribution in [2.75, 3.05) is 13.7 Å². The molecule has 0 rings (SSSR count). The van der Waals surface area contributed by atoms with Gasteiger partial charge in [0.1, 0.15) is 0 Å². The van der Waals surface area contributed by atoms with Crippen LogP contribution in [0.2, 0.25) is 0 Å². The molecule has 0 radical (unpaired) electrons. The van der Waals surface area contributed by atoms with Crippen LogP contribution in [0.15, 0.2) is 4.99 Å². The summed E-state index contributed by atoms with van der Waals surface area (Å²) in [6.07, 6.45) is 2.53. The molecule has 0 atom stereocenters. The second-order valence-corrected chi connectivity index (χ2v) is 2.14. The first kappa shape index (κ1) is 9.94. The van der Waals surface area contributed by atoms with Crippen molar-refractivity contribution in [3.63, 3.8) is 0 Å². The molecule has 4 nitrogen and oxygen atoms in total. The van der Waals surface area contributed by atoms with Crippen molar-refractivity contribution in [3.05, 3.63) is 0 Å². The van der Waals surface area contributed by atoms with E-state index in [9.17, 15) is 4.79 Å². The summed E-state index contributed by atoms with van der Waals surface area (Å²) in [5.41, 5.74) is 5.43. The fourth-order valence-electron chi connectivity index (χ4n) is 0.651. The van der Waals surface area contributed by atoms with Gasteiger partial charge in [-0.2, -0.15) is 0 Å². The van der Waals surface area contributed by atoms with Crippen LogP contribution < -0.4 is 5.73 Å². The molecule has 0 bridgehead atoms. The topological polar surface area (TPSA) is 64.7 Å². The number of aliphatic imine (C=N–C) groups is 1. The van der Waals surface area contributed by atoms with Crippen LogP contribution in [0.5, 0.6) is 0 Å². The maximum Gasteiger partial charge on any atom is 0.293 e. The lowest BCUT2D eigenvalue weighted by atomic mass is 10.2. The number of amidine groups is 1. The van der Waals surface area contributed by atoms with Gasteiger partial charge in [-0.25, -0.2) is 0 Å². The fraction of sp³-hybridized carbons (Fsp3) is 0.714. The summed E-state index contributed by atoms with van der Waals surface area (Å²) in [5, 5.41) is 0. The first-order chi connectivity index (χ1) is 5.31. The second-order valence-electron chi connectivity index (χ2n) is 2.14. The number of nitrogens with zero attached hydrogens (tertiary/aromatic N) is 1. The van der Waals surface area contributed by atoms with E-state index in [1.54, 1.807) is 7.05 Å². The quantitative estimate of drug-likeness (QED) is 0.262. The SMILES string of the molecule is CN=C(N)CCCCOC=O. The molecule has 0 aromatic carbocycles. The smallest absolute Gasteiger partial charge is 0.293 e. The van der Waals surface area contributed by atoms with Crippen LogP contribution >= 0.6 is 0 Å². The summed E-state index contributed by atoms with van der Waals surface area (Å²) < 4.78 is 4.49. The van der Waals surface area contributed by atoms with E-state index < -0.39 is 0 Å². The number of ether oxygens (including phenoxy) is 1. The van der Waals surface area contributed by atoms with Crippen molar-refractivity contribution >= 4 is 12.3 Å². The van der Waals surface area contributed by atoms with E-state index in [-0.39, 0.29) is 0 Å². The Kier molecular flexibility index (Phi) is 6.37. The number of carbonyl (C=O) groups excluding carboxylic acids is 1. The van der Waals surface area contributed by atoms with Crippen LogP contribution in [0, 0.1) is 0 Å². The third-order valence-electron chi connectivity index (χ3n) is 1.30. The fourth-order valence-corrected chi connectivity index (χ4v) is 0.651. The maximum absolute atomic E-state index is 9.69. The summed E-state index contributed by atoms with van der Waals surface area (Å²) in [7, 11) is 1.66. The highest BCUT2D eigenvalue weighted by Gasteiger charge is 1.91. The van der Waals surface area contributed by atoms with Crippen molar-refractivity contribution in [1.29, 1.82) is 0 Å². The highest BCUT2D eigenvalue weighted by molar-refractivity contribution is 5.79. The molecule has 0 aliphatic heterocycles. The second kappa shape index (κ2) is 7.05. The number of hydrogen-bond acceptors (Lipinski definition) is 3. The molecule has 0 aromatic heterocycles. The highest BCUT2D eigenvalue weighted by Crippen LogP contribution is 1.94. The van der Waals surface area contributed by atoms with E-state index in [0.717, 1.165) is 19.3 Å². The molecular weight excluding hydrogens is 144 g/mol. The minimum absolute atomic E-state index is 0.456. The summed E-state index contributed by atoms with van der Waals surface area (Å²) in [6.45, 7) is 0.928. The van der Waals surface area contributed by atoms with E-state index in [4.69, 9.17) is 5.73 Å². The van der Waals surface area contributed by atoms with Gasteiger partial charge in [-0.05, 0) is 12.8 Å². The Hall–Kier alpha value is -1.06. The van der Waals surface area contributed by atoms with E-state index in [1.165, 1.54) is 0 Å². The zero-order valence-corrected chi connectivity index (χ0v) is 6.75. The highest BCUT2D eigenvalue weighted by atomic mass is 16.5. The van der Waals surface area contributed by atoms with E-state index in [0.29, 0.717) is 18.9 Å². The first-order valence-electron chi connectivity index (χ1n) is 3.57. The maximum atomic E-state index is 9.69. The van der Waals surface area contributed by atoms with E-state index in [2.05, 4.69) is 9.73 Å². The van der Waals surface area contributed by atoms with Crippen LogP contribution in [-0.2, 0) is 9.53 Å². The number of rotatable bonds is 6. The van der Waals surface area contributed by atoms with Gasteiger partial charge in [0, 0.05) is 13.5 Å². The number of hydrogen-bond donors (Lipinski definition) is 1. The monoisotopic (exact) mass is 158 g/mol. The standard InChI is InChI=1S/C7H14N2O2/c1-9-7(8)4-2-3-5-11-6-10/h6H,2-5H2,1H3,(H2,8,9). The van der Waals surface area contributed by atoms with Crippen molar-refractivity contribution < 1.29 is 9.53 Å². The van der Waals surface area contributed by atoms with Gasteiger partial charge in [0.15, 0.2) is 0 Å². The molecule has 11 heavy (non-hydrogen) atoms. The third kappa shape index (κ3) is 6.83. The Balaban J connectivity index is 3.08. The largest absolute Gasteiger partial charge is 0.468 e. The normalized spacial score (nSPS) is 11.2. The third-order valence-corrected chi connectivity index (χ3v) is 1.30. The number of unbranched alkanes of at least 4 members (excludes halogenated alkanes) is 1. The molecule has 0 amide bonds. The molecule has 2 N–H and O–H groups in total. The Bertz CT molecular complexity index is 134. The average molecular weight is 158 g/mol. The molecule has 0 aromatic rings. The summed E-state index contributed by atoms with van der Waals surface area (Å²) in [6, 6.07) is 0. The van der Waals surface area contributed by atoms with Gasteiger partial charge in [-0.1, -0.05) is 0 Å². The van der Waals surface area contributed by atoms with Crippen LogP contribution in [0.1, 0.15) is 19.3 Å². The molecule has 64 valence electrons. The van der Waals surface area contributed by atoms with Gasteiger partial charge in [-0.3, -0.25) is 9.79 Å². The molecule has 0 aliphatic carbocycles. The molecule has 0 heterocycles. The lowest BCUT2D eigenvalue weighted by Crippen LogP contribution is -2.11. The van der Waals surface area contributed by atoms with Gasteiger partial charge in [0.2, 0.25) is 0 Å². The van der Waals surface area contributed by atoms with E-state index in [1.807, 2.05) is 0 Å². The van der Waals surface area contributed by atoms with Gasteiger partial charge in [0.25, 0.3) is 6.47 Å². The minimum Gasteiger partial charge on any atom is -0.468 e. The van der Waals surface area contributed by atoms with E-state index >= 15 is 0 Å². The lowest BCUT2D eigenvalue weighted by Gasteiger charge is -1.98. The summed E-state index contributed by atoms with van der Waals surface area (Å²) >= 11 is 0. The molecular formula is C7H14N2O2. The van der Waals surface area contributed by atoms with Crippen LogP contribution in [-0.4, -0.2) is 26.0 Å². The van der Waals surface area contributed by atoms with Gasteiger partial charge in [-0.15, -0.1) is 0 Å². The number of carbonyl (C=O) groups is 1. The predicted molar refractivity (Wildman–Crippen MR) is 43.4 cm³/mol. The van der Waals surface area contributed by atoms with Crippen molar-refractivity contribution in [2.24, 2.45) is 10.7 Å². The molecule has 0 spiro atoms. The first-order valence-corrected chi connectivity index (χ1v) is 3.57. The van der Waals surface area contributed by atoms with Crippen LogP contribution in [0.4, 0.5) is 0 Å². The molecule has 0 saturated carbocycles. The van der Waals surface area contributed by atoms with Gasteiger partial charge >= 0.3 is 0 Å². The predicted octanol–water partition coefficient (Wildman–Crippen LogP) is 0.317. The summed E-state index contributed by atoms with van der Waals surface area (Å²) in [5.74, 6) is 0.649. The zero-order valence-electron chi connectivity index (χ0n) is 6.75.